The standard InChI is InChI=1S/C15H10Cl2N2O2/c16-10-5-11(17)7-12(6-10)18-15(21)9-2-1-8-4-14(20)19-13(8)3-9/h1-3,5-7H,4H2,(H,18,21)(H,19,20). The number of hydrogen-bond donors (Lipinski definition) is 2. The van der Waals surface area contributed by atoms with Gasteiger partial charge in [0.2, 0.25) is 5.91 Å². The van der Waals surface area contributed by atoms with E-state index in [4.69, 9.17) is 23.2 Å². The number of hydrogen-bond acceptors (Lipinski definition) is 2. The summed E-state index contributed by atoms with van der Waals surface area (Å²) in [5.74, 6) is -0.360. The number of nitrogens with one attached hydrogen (secondary N) is 2. The number of anilines is 2. The summed E-state index contributed by atoms with van der Waals surface area (Å²) in [5, 5.41) is 6.32. The van der Waals surface area contributed by atoms with Gasteiger partial charge in [-0.25, -0.2) is 0 Å². The van der Waals surface area contributed by atoms with Crippen LogP contribution < -0.4 is 10.6 Å². The number of fused-ring (bicyclic) bond motifs is 1. The van der Waals surface area contributed by atoms with Gasteiger partial charge in [0, 0.05) is 27.0 Å². The zero-order chi connectivity index (χ0) is 15.0. The van der Waals surface area contributed by atoms with E-state index < -0.39 is 0 Å². The highest BCUT2D eigenvalue weighted by Crippen LogP contribution is 2.26. The lowest BCUT2D eigenvalue weighted by molar-refractivity contribution is -0.115. The minimum atomic E-state index is -0.294. The number of benzene rings is 2. The second-order valence-corrected chi connectivity index (χ2v) is 5.58. The summed E-state index contributed by atoms with van der Waals surface area (Å²) in [7, 11) is 0. The normalized spacial score (nSPS) is 12.8. The quantitative estimate of drug-likeness (QED) is 0.885. The third kappa shape index (κ3) is 3.01. The minimum absolute atomic E-state index is 0.0656. The summed E-state index contributed by atoms with van der Waals surface area (Å²) in [6.45, 7) is 0. The Morgan fingerprint density at radius 1 is 1.10 bits per heavy atom. The van der Waals surface area contributed by atoms with E-state index in [9.17, 15) is 9.59 Å². The number of halogens is 2. The Bertz CT molecular complexity index is 739. The van der Waals surface area contributed by atoms with Gasteiger partial charge < -0.3 is 10.6 Å². The molecule has 2 aromatic rings. The smallest absolute Gasteiger partial charge is 0.255 e. The Labute approximate surface area is 131 Å². The van der Waals surface area contributed by atoms with Crippen LogP contribution in [0, 0.1) is 0 Å². The Morgan fingerprint density at radius 2 is 1.81 bits per heavy atom. The van der Waals surface area contributed by atoms with Crippen LogP contribution in [-0.4, -0.2) is 11.8 Å². The first-order chi connectivity index (χ1) is 10.0. The van der Waals surface area contributed by atoms with Gasteiger partial charge in [0.15, 0.2) is 0 Å². The molecule has 0 aromatic heterocycles. The monoisotopic (exact) mass is 320 g/mol. The summed E-state index contributed by atoms with van der Waals surface area (Å²) < 4.78 is 0. The first-order valence-corrected chi connectivity index (χ1v) is 6.97. The van der Waals surface area contributed by atoms with Crippen molar-refractivity contribution < 1.29 is 9.59 Å². The molecule has 0 spiro atoms. The van der Waals surface area contributed by atoms with Gasteiger partial charge >= 0.3 is 0 Å². The molecule has 4 nitrogen and oxygen atoms in total. The highest BCUT2D eigenvalue weighted by Gasteiger charge is 2.19. The molecule has 6 heteroatoms. The van der Waals surface area contributed by atoms with E-state index in [1.54, 1.807) is 36.4 Å². The maximum absolute atomic E-state index is 12.2. The van der Waals surface area contributed by atoms with Gasteiger partial charge in [0.25, 0.3) is 5.91 Å². The largest absolute Gasteiger partial charge is 0.326 e. The van der Waals surface area contributed by atoms with Crippen molar-refractivity contribution >= 4 is 46.4 Å². The van der Waals surface area contributed by atoms with Crippen LogP contribution in [0.5, 0.6) is 0 Å². The lowest BCUT2D eigenvalue weighted by Crippen LogP contribution is -2.12. The van der Waals surface area contributed by atoms with E-state index in [0.29, 0.717) is 33.4 Å². The lowest BCUT2D eigenvalue weighted by atomic mass is 10.1. The molecule has 0 atom stereocenters. The summed E-state index contributed by atoms with van der Waals surface area (Å²) in [5.41, 5.74) is 2.54. The predicted molar refractivity (Wildman–Crippen MR) is 83.2 cm³/mol. The van der Waals surface area contributed by atoms with E-state index in [0.717, 1.165) is 5.56 Å². The molecule has 106 valence electrons. The second kappa shape index (κ2) is 5.39. The molecule has 3 rings (SSSR count). The molecular formula is C15H10Cl2N2O2. The van der Waals surface area contributed by atoms with Crippen LogP contribution in [0.4, 0.5) is 11.4 Å². The Morgan fingerprint density at radius 3 is 2.52 bits per heavy atom. The highest BCUT2D eigenvalue weighted by atomic mass is 35.5. The van der Waals surface area contributed by atoms with Crippen molar-refractivity contribution in [3.05, 3.63) is 57.6 Å². The van der Waals surface area contributed by atoms with Gasteiger partial charge in [-0.15, -0.1) is 0 Å². The van der Waals surface area contributed by atoms with Gasteiger partial charge in [-0.2, -0.15) is 0 Å². The second-order valence-electron chi connectivity index (χ2n) is 4.71. The highest BCUT2D eigenvalue weighted by molar-refractivity contribution is 6.35. The van der Waals surface area contributed by atoms with Gasteiger partial charge in [0.05, 0.1) is 6.42 Å². The molecular weight excluding hydrogens is 311 g/mol. The zero-order valence-corrected chi connectivity index (χ0v) is 12.3. The van der Waals surface area contributed by atoms with E-state index in [-0.39, 0.29) is 11.8 Å². The van der Waals surface area contributed by atoms with Gasteiger partial charge in [-0.1, -0.05) is 29.3 Å². The first-order valence-electron chi connectivity index (χ1n) is 6.21. The fraction of sp³-hybridized carbons (Fsp3) is 0.0667. The summed E-state index contributed by atoms with van der Waals surface area (Å²) >= 11 is 11.8. The molecule has 2 aromatic carbocycles. The van der Waals surface area contributed by atoms with Crippen molar-refractivity contribution in [1.29, 1.82) is 0 Å². The lowest BCUT2D eigenvalue weighted by Gasteiger charge is -2.08. The summed E-state index contributed by atoms with van der Waals surface area (Å²) in [6, 6.07) is 9.92. The van der Waals surface area contributed by atoms with Crippen LogP contribution in [0.3, 0.4) is 0 Å². The van der Waals surface area contributed by atoms with E-state index in [2.05, 4.69) is 10.6 Å². The van der Waals surface area contributed by atoms with Crippen molar-refractivity contribution in [2.45, 2.75) is 6.42 Å². The molecule has 1 aliphatic heterocycles. The van der Waals surface area contributed by atoms with Crippen LogP contribution in [0.2, 0.25) is 10.0 Å². The minimum Gasteiger partial charge on any atom is -0.326 e. The molecule has 1 aliphatic rings. The van der Waals surface area contributed by atoms with E-state index in [1.807, 2.05) is 0 Å². The van der Waals surface area contributed by atoms with Crippen molar-refractivity contribution in [1.82, 2.24) is 0 Å². The number of amides is 2. The van der Waals surface area contributed by atoms with Gasteiger partial charge in [-0.3, -0.25) is 9.59 Å². The average molecular weight is 321 g/mol. The van der Waals surface area contributed by atoms with Crippen LogP contribution in [0.1, 0.15) is 15.9 Å². The summed E-state index contributed by atoms with van der Waals surface area (Å²) in [6.07, 6.45) is 0.348. The van der Waals surface area contributed by atoms with E-state index in [1.165, 1.54) is 0 Å². The molecule has 0 saturated heterocycles. The van der Waals surface area contributed by atoms with Crippen molar-refractivity contribution in [3.8, 4) is 0 Å². The van der Waals surface area contributed by atoms with Crippen molar-refractivity contribution in [2.24, 2.45) is 0 Å². The maximum atomic E-state index is 12.2. The molecule has 1 heterocycles. The fourth-order valence-corrected chi connectivity index (χ4v) is 2.71. The third-order valence-corrected chi connectivity index (χ3v) is 3.55. The first kappa shape index (κ1) is 13.9. The molecule has 2 amide bonds. The zero-order valence-electron chi connectivity index (χ0n) is 10.7. The third-order valence-electron chi connectivity index (χ3n) is 3.12. The maximum Gasteiger partial charge on any atom is 0.255 e. The van der Waals surface area contributed by atoms with Gasteiger partial charge in [0.1, 0.15) is 0 Å². The molecule has 0 radical (unpaired) electrons. The molecule has 0 saturated carbocycles. The Balaban J connectivity index is 1.83. The SMILES string of the molecule is O=C1Cc2ccc(C(=O)Nc3cc(Cl)cc(Cl)c3)cc2N1. The van der Waals surface area contributed by atoms with E-state index >= 15 is 0 Å². The summed E-state index contributed by atoms with van der Waals surface area (Å²) in [4.78, 5) is 23.5. The Kier molecular flexibility index (Phi) is 3.57. The molecule has 2 N–H and O–H groups in total. The van der Waals surface area contributed by atoms with Gasteiger partial charge in [-0.05, 0) is 35.9 Å². The van der Waals surface area contributed by atoms with Crippen LogP contribution in [0.15, 0.2) is 36.4 Å². The molecule has 0 unspecified atom stereocenters. The molecule has 0 fully saturated rings. The number of rotatable bonds is 2. The topological polar surface area (TPSA) is 58.2 Å². The van der Waals surface area contributed by atoms with Crippen LogP contribution in [-0.2, 0) is 11.2 Å². The Hall–Kier alpha value is -2.04. The average Bonchev–Trinajstić information content (AvgIpc) is 2.76. The molecule has 0 bridgehead atoms. The molecule has 0 aliphatic carbocycles. The predicted octanol–water partition coefficient (Wildman–Crippen LogP) is 3.74. The number of carbonyl (C=O) groups is 2. The molecule has 21 heavy (non-hydrogen) atoms. The van der Waals surface area contributed by atoms with Crippen molar-refractivity contribution in [2.75, 3.05) is 10.6 Å². The van der Waals surface area contributed by atoms with Crippen LogP contribution >= 0.6 is 23.2 Å². The van der Waals surface area contributed by atoms with Crippen LogP contribution in [0.25, 0.3) is 0 Å². The van der Waals surface area contributed by atoms with Crippen molar-refractivity contribution in [3.63, 3.8) is 0 Å². The number of carbonyl (C=O) groups excluding carboxylic acids is 2. The fourth-order valence-electron chi connectivity index (χ4n) is 2.18.